The molecule has 0 saturated heterocycles. The average molecular weight is 231 g/mol. The lowest BCUT2D eigenvalue weighted by Crippen LogP contribution is -2.25. The lowest BCUT2D eigenvalue weighted by Gasteiger charge is -2.08. The van der Waals surface area contributed by atoms with E-state index in [9.17, 15) is 9.59 Å². The fourth-order valence-corrected chi connectivity index (χ4v) is 1.73. The molecule has 0 aromatic rings. The molecule has 0 heterocycles. The Labute approximate surface area is 94.4 Å². The van der Waals surface area contributed by atoms with E-state index >= 15 is 0 Å². The average Bonchev–Trinajstić information content (AvgIpc) is 2.24. The number of ether oxygens (including phenoxy) is 1. The van der Waals surface area contributed by atoms with Crippen molar-refractivity contribution in [3.8, 4) is 0 Å². The molecule has 0 spiro atoms. The van der Waals surface area contributed by atoms with Crippen LogP contribution in [-0.4, -0.2) is 37.0 Å². The Balaban J connectivity index is 3.56. The number of rotatable bonds is 7. The van der Waals surface area contributed by atoms with E-state index in [1.807, 2.05) is 0 Å². The van der Waals surface area contributed by atoms with Crippen LogP contribution in [0.5, 0.6) is 0 Å². The molecule has 0 aromatic heterocycles. The highest BCUT2D eigenvalue weighted by Gasteiger charge is 2.13. The zero-order chi connectivity index (χ0) is 11.7. The molecule has 15 heavy (non-hydrogen) atoms. The van der Waals surface area contributed by atoms with Crippen LogP contribution in [0.2, 0.25) is 0 Å². The summed E-state index contributed by atoms with van der Waals surface area (Å²) in [7, 11) is 1.36. The molecule has 0 radical (unpaired) electrons. The molecule has 0 aromatic carbocycles. The molecular formula is C10H17NO3S. The molecule has 4 nitrogen and oxygen atoms in total. The topological polar surface area (TPSA) is 55.4 Å². The Hall–Kier alpha value is -0.970. The van der Waals surface area contributed by atoms with E-state index in [2.05, 4.69) is 16.6 Å². The minimum atomic E-state index is -0.242. The van der Waals surface area contributed by atoms with Crippen LogP contribution >= 0.6 is 11.8 Å². The van der Waals surface area contributed by atoms with E-state index in [0.717, 1.165) is 0 Å². The zero-order valence-electron chi connectivity index (χ0n) is 9.12. The van der Waals surface area contributed by atoms with Crippen molar-refractivity contribution in [3.63, 3.8) is 0 Å². The van der Waals surface area contributed by atoms with Crippen LogP contribution in [0, 0.1) is 5.92 Å². The van der Waals surface area contributed by atoms with Gasteiger partial charge in [-0.15, -0.1) is 6.58 Å². The number of thioether (sulfide) groups is 1. The summed E-state index contributed by atoms with van der Waals surface area (Å²) in [5, 5.41) is 2.66. The second-order valence-corrected chi connectivity index (χ2v) is 4.06. The third-order valence-corrected chi connectivity index (χ3v) is 2.85. The molecule has 0 fully saturated rings. The first-order valence-electron chi connectivity index (χ1n) is 4.65. The largest absolute Gasteiger partial charge is 0.469 e. The number of nitrogens with one attached hydrogen (secondary N) is 1. The van der Waals surface area contributed by atoms with Gasteiger partial charge in [-0.2, -0.15) is 11.8 Å². The van der Waals surface area contributed by atoms with Gasteiger partial charge in [-0.25, -0.2) is 0 Å². The molecule has 0 aliphatic heterocycles. The van der Waals surface area contributed by atoms with Crippen LogP contribution in [0.3, 0.4) is 0 Å². The van der Waals surface area contributed by atoms with Crippen LogP contribution in [0.4, 0.5) is 0 Å². The molecule has 0 saturated carbocycles. The van der Waals surface area contributed by atoms with E-state index < -0.39 is 0 Å². The van der Waals surface area contributed by atoms with Gasteiger partial charge in [-0.05, 0) is 0 Å². The van der Waals surface area contributed by atoms with Crippen LogP contribution in [0.15, 0.2) is 12.7 Å². The van der Waals surface area contributed by atoms with Crippen molar-refractivity contribution < 1.29 is 14.3 Å². The van der Waals surface area contributed by atoms with Gasteiger partial charge >= 0.3 is 5.97 Å². The monoisotopic (exact) mass is 231 g/mol. The first-order valence-corrected chi connectivity index (χ1v) is 5.80. The predicted octanol–water partition coefficient (Wildman–Crippen LogP) is 0.831. The number of carbonyl (C=O) groups excluding carboxylic acids is 2. The lowest BCUT2D eigenvalue weighted by atomic mass is 10.2. The van der Waals surface area contributed by atoms with Gasteiger partial charge in [0.05, 0.1) is 18.8 Å². The minimum Gasteiger partial charge on any atom is -0.469 e. The van der Waals surface area contributed by atoms with Crippen LogP contribution in [0.1, 0.15) is 6.92 Å². The van der Waals surface area contributed by atoms with Crippen molar-refractivity contribution in [2.75, 3.05) is 25.2 Å². The number of methoxy groups -OCH3 is 1. The molecule has 1 amide bonds. The zero-order valence-corrected chi connectivity index (χ0v) is 9.93. The minimum absolute atomic E-state index is 0.0445. The Morgan fingerprint density at radius 3 is 2.80 bits per heavy atom. The Morgan fingerprint density at radius 1 is 1.60 bits per heavy atom. The van der Waals surface area contributed by atoms with Crippen molar-refractivity contribution in [2.24, 2.45) is 5.92 Å². The molecule has 5 heteroatoms. The number of amides is 1. The highest BCUT2D eigenvalue weighted by molar-refractivity contribution is 7.99. The summed E-state index contributed by atoms with van der Waals surface area (Å²) in [5.41, 5.74) is 0. The van der Waals surface area contributed by atoms with Gasteiger partial charge < -0.3 is 10.1 Å². The fourth-order valence-electron chi connectivity index (χ4n) is 0.835. The number of carbonyl (C=O) groups is 2. The van der Waals surface area contributed by atoms with E-state index in [4.69, 9.17) is 0 Å². The van der Waals surface area contributed by atoms with E-state index in [1.165, 1.54) is 18.9 Å². The van der Waals surface area contributed by atoms with Gasteiger partial charge in [0.1, 0.15) is 0 Å². The summed E-state index contributed by atoms with van der Waals surface area (Å²) in [6.45, 7) is 5.75. The van der Waals surface area contributed by atoms with Crippen molar-refractivity contribution in [1.82, 2.24) is 5.32 Å². The summed E-state index contributed by atoms with van der Waals surface area (Å²) in [6.07, 6.45) is 1.62. The Morgan fingerprint density at radius 2 is 2.27 bits per heavy atom. The Kier molecular flexibility index (Phi) is 7.81. The summed E-state index contributed by atoms with van der Waals surface area (Å²) in [5.74, 6) is 0.488. The SMILES string of the molecule is C=CCNC(=O)CSCC(C)C(=O)OC. The maximum Gasteiger partial charge on any atom is 0.309 e. The van der Waals surface area contributed by atoms with Gasteiger partial charge in [-0.3, -0.25) is 9.59 Å². The number of hydrogen-bond donors (Lipinski definition) is 1. The van der Waals surface area contributed by atoms with Gasteiger partial charge in [-0.1, -0.05) is 13.0 Å². The molecule has 1 atom stereocenters. The number of esters is 1. The van der Waals surface area contributed by atoms with Crippen molar-refractivity contribution >= 4 is 23.6 Å². The molecule has 1 unspecified atom stereocenters. The third kappa shape index (κ3) is 7.02. The molecule has 1 N–H and O–H groups in total. The molecule has 0 rings (SSSR count). The van der Waals surface area contributed by atoms with E-state index in [1.54, 1.807) is 13.0 Å². The van der Waals surface area contributed by atoms with Crippen molar-refractivity contribution in [2.45, 2.75) is 6.92 Å². The summed E-state index contributed by atoms with van der Waals surface area (Å²) in [4.78, 5) is 22.1. The molecular weight excluding hydrogens is 214 g/mol. The standard InChI is InChI=1S/C10H17NO3S/c1-4-5-11-9(12)7-15-6-8(2)10(13)14-3/h4,8H,1,5-7H2,2-3H3,(H,11,12). The number of hydrogen-bond acceptors (Lipinski definition) is 4. The summed E-state index contributed by atoms with van der Waals surface area (Å²) < 4.78 is 4.57. The van der Waals surface area contributed by atoms with Gasteiger partial charge in [0.15, 0.2) is 0 Å². The molecule has 86 valence electrons. The quantitative estimate of drug-likeness (QED) is 0.521. The van der Waals surface area contributed by atoms with Crippen molar-refractivity contribution in [3.05, 3.63) is 12.7 Å². The second kappa shape index (κ2) is 8.35. The fraction of sp³-hybridized carbons (Fsp3) is 0.600. The van der Waals surface area contributed by atoms with E-state index in [-0.39, 0.29) is 17.8 Å². The van der Waals surface area contributed by atoms with Crippen LogP contribution in [0.25, 0.3) is 0 Å². The highest BCUT2D eigenvalue weighted by atomic mass is 32.2. The normalized spacial score (nSPS) is 11.6. The van der Waals surface area contributed by atoms with Crippen LogP contribution < -0.4 is 5.32 Å². The van der Waals surface area contributed by atoms with Crippen molar-refractivity contribution in [1.29, 1.82) is 0 Å². The van der Waals surface area contributed by atoms with Gasteiger partial charge in [0, 0.05) is 12.3 Å². The maximum atomic E-state index is 11.1. The predicted molar refractivity (Wildman–Crippen MR) is 61.7 cm³/mol. The first kappa shape index (κ1) is 14.0. The molecule has 0 aliphatic carbocycles. The van der Waals surface area contributed by atoms with Crippen LogP contribution in [-0.2, 0) is 14.3 Å². The first-order chi connectivity index (χ1) is 7.11. The summed E-state index contributed by atoms with van der Waals surface area (Å²) in [6, 6.07) is 0. The molecule has 0 bridgehead atoms. The van der Waals surface area contributed by atoms with Gasteiger partial charge in [0.2, 0.25) is 5.91 Å². The Bertz CT molecular complexity index is 231. The second-order valence-electron chi connectivity index (χ2n) is 3.03. The van der Waals surface area contributed by atoms with E-state index in [0.29, 0.717) is 18.1 Å². The lowest BCUT2D eigenvalue weighted by molar-refractivity contribution is -0.144. The third-order valence-electron chi connectivity index (χ3n) is 1.65. The smallest absolute Gasteiger partial charge is 0.309 e. The van der Waals surface area contributed by atoms with Gasteiger partial charge in [0.25, 0.3) is 0 Å². The maximum absolute atomic E-state index is 11.1. The highest BCUT2D eigenvalue weighted by Crippen LogP contribution is 2.09. The molecule has 0 aliphatic rings. The summed E-state index contributed by atoms with van der Waals surface area (Å²) >= 11 is 1.42.